The molecule has 0 spiro atoms. The van der Waals surface area contributed by atoms with Crippen LogP contribution >= 0.6 is 0 Å². The average molecular weight is 146 g/mol. The second-order valence-corrected chi connectivity index (χ2v) is 3.02. The SMILES string of the molecule is O=CC1[C@@H]2C=CC=C[C@H]1C=C2. The van der Waals surface area contributed by atoms with E-state index in [0.29, 0.717) is 11.8 Å². The van der Waals surface area contributed by atoms with Gasteiger partial charge in [0.1, 0.15) is 6.29 Å². The molecule has 1 heteroatoms. The minimum absolute atomic E-state index is 0.157. The summed E-state index contributed by atoms with van der Waals surface area (Å²) in [5.74, 6) is 0.838. The Morgan fingerprint density at radius 1 is 0.909 bits per heavy atom. The van der Waals surface area contributed by atoms with E-state index in [1.165, 1.54) is 0 Å². The van der Waals surface area contributed by atoms with E-state index in [0.717, 1.165) is 6.29 Å². The predicted molar refractivity (Wildman–Crippen MR) is 44.0 cm³/mol. The number of hydrogen-bond donors (Lipinski definition) is 0. The monoisotopic (exact) mass is 146 g/mol. The Bertz CT molecular complexity index is 226. The van der Waals surface area contributed by atoms with Crippen molar-refractivity contribution in [1.29, 1.82) is 0 Å². The van der Waals surface area contributed by atoms with Crippen molar-refractivity contribution in [2.75, 3.05) is 0 Å². The average Bonchev–Trinajstić information content (AvgIpc) is 2.23. The molecule has 0 aliphatic heterocycles. The van der Waals surface area contributed by atoms with Crippen molar-refractivity contribution >= 4 is 6.29 Å². The number of aldehydes is 1. The van der Waals surface area contributed by atoms with Crippen molar-refractivity contribution < 1.29 is 4.79 Å². The molecule has 0 radical (unpaired) electrons. The zero-order chi connectivity index (χ0) is 7.68. The third-order valence-electron chi connectivity index (χ3n) is 2.38. The molecular weight excluding hydrogens is 136 g/mol. The third-order valence-corrected chi connectivity index (χ3v) is 2.38. The lowest BCUT2D eigenvalue weighted by molar-refractivity contribution is -0.112. The van der Waals surface area contributed by atoms with E-state index in [9.17, 15) is 4.79 Å². The van der Waals surface area contributed by atoms with E-state index >= 15 is 0 Å². The van der Waals surface area contributed by atoms with Crippen LogP contribution in [0.15, 0.2) is 36.5 Å². The molecule has 0 aromatic carbocycles. The zero-order valence-corrected chi connectivity index (χ0v) is 6.18. The second kappa shape index (κ2) is 2.50. The first-order valence-corrected chi connectivity index (χ1v) is 3.90. The van der Waals surface area contributed by atoms with E-state index in [1.54, 1.807) is 0 Å². The molecule has 2 rings (SSSR count). The zero-order valence-electron chi connectivity index (χ0n) is 6.18. The van der Waals surface area contributed by atoms with Gasteiger partial charge in [0, 0.05) is 17.8 Å². The standard InChI is InChI=1S/C10H10O/c11-7-10-8-3-1-2-4-9(10)6-5-8/h1-10H/t8-,9+,10?. The first kappa shape index (κ1) is 6.59. The minimum atomic E-state index is 0.157. The number of carbonyl (C=O) groups is 1. The number of fused-ring (bicyclic) bond motifs is 2. The molecule has 56 valence electrons. The predicted octanol–water partition coefficient (Wildman–Crippen LogP) is 1.73. The summed E-state index contributed by atoms with van der Waals surface area (Å²) < 4.78 is 0. The van der Waals surface area contributed by atoms with Crippen LogP contribution in [0.5, 0.6) is 0 Å². The molecule has 3 atom stereocenters. The maximum atomic E-state index is 10.7. The lowest BCUT2D eigenvalue weighted by Gasteiger charge is -2.11. The molecule has 1 unspecified atom stereocenters. The van der Waals surface area contributed by atoms with Crippen molar-refractivity contribution in [2.24, 2.45) is 17.8 Å². The van der Waals surface area contributed by atoms with Crippen LogP contribution < -0.4 is 0 Å². The van der Waals surface area contributed by atoms with Crippen LogP contribution in [0.1, 0.15) is 0 Å². The number of allylic oxidation sites excluding steroid dienone is 6. The summed E-state index contributed by atoms with van der Waals surface area (Å²) in [7, 11) is 0. The Balaban J connectivity index is 2.34. The molecule has 0 saturated carbocycles. The third kappa shape index (κ3) is 0.967. The Hall–Kier alpha value is -1.11. The summed E-state index contributed by atoms with van der Waals surface area (Å²) in [6.07, 6.45) is 13.5. The first-order valence-electron chi connectivity index (χ1n) is 3.90. The van der Waals surface area contributed by atoms with E-state index < -0.39 is 0 Å². The van der Waals surface area contributed by atoms with Crippen molar-refractivity contribution in [1.82, 2.24) is 0 Å². The van der Waals surface area contributed by atoms with Crippen LogP contribution in [0.25, 0.3) is 0 Å². The smallest absolute Gasteiger partial charge is 0.124 e. The summed E-state index contributed by atoms with van der Waals surface area (Å²) in [4.78, 5) is 10.7. The summed E-state index contributed by atoms with van der Waals surface area (Å²) in [6, 6.07) is 0. The fraction of sp³-hybridized carbons (Fsp3) is 0.300. The molecule has 2 bridgehead atoms. The molecule has 0 N–H and O–H groups in total. The van der Waals surface area contributed by atoms with Gasteiger partial charge in [0.2, 0.25) is 0 Å². The molecule has 1 nitrogen and oxygen atoms in total. The van der Waals surface area contributed by atoms with Crippen LogP contribution in [-0.2, 0) is 4.79 Å². The maximum Gasteiger partial charge on any atom is 0.124 e. The van der Waals surface area contributed by atoms with Crippen molar-refractivity contribution in [3.05, 3.63) is 36.5 Å². The Morgan fingerprint density at radius 2 is 1.45 bits per heavy atom. The van der Waals surface area contributed by atoms with Gasteiger partial charge in [-0.1, -0.05) is 36.5 Å². The fourth-order valence-corrected chi connectivity index (χ4v) is 1.72. The van der Waals surface area contributed by atoms with Gasteiger partial charge < -0.3 is 4.79 Å². The van der Waals surface area contributed by atoms with Crippen LogP contribution in [0.3, 0.4) is 0 Å². The first-order chi connectivity index (χ1) is 5.42. The molecule has 0 amide bonds. The van der Waals surface area contributed by atoms with Crippen molar-refractivity contribution in [2.45, 2.75) is 0 Å². The van der Waals surface area contributed by atoms with Gasteiger partial charge in [0.25, 0.3) is 0 Å². The van der Waals surface area contributed by atoms with Crippen LogP contribution in [0, 0.1) is 17.8 Å². The van der Waals surface area contributed by atoms with Crippen LogP contribution in [-0.4, -0.2) is 6.29 Å². The molecule has 0 heterocycles. The van der Waals surface area contributed by atoms with Crippen molar-refractivity contribution in [3.8, 4) is 0 Å². The summed E-state index contributed by atoms with van der Waals surface area (Å²) in [6.45, 7) is 0. The molecule has 0 fully saturated rings. The topological polar surface area (TPSA) is 17.1 Å². The van der Waals surface area contributed by atoms with E-state index in [4.69, 9.17) is 0 Å². The van der Waals surface area contributed by atoms with Gasteiger partial charge in [-0.2, -0.15) is 0 Å². The highest BCUT2D eigenvalue weighted by Gasteiger charge is 2.28. The maximum absolute atomic E-state index is 10.7. The number of carbonyl (C=O) groups excluding carboxylic acids is 1. The highest BCUT2D eigenvalue weighted by Crippen LogP contribution is 2.32. The van der Waals surface area contributed by atoms with E-state index in [2.05, 4.69) is 24.3 Å². The highest BCUT2D eigenvalue weighted by atomic mass is 16.1. The van der Waals surface area contributed by atoms with E-state index in [1.807, 2.05) is 12.2 Å². The molecule has 0 saturated heterocycles. The summed E-state index contributed by atoms with van der Waals surface area (Å²) in [5, 5.41) is 0. The van der Waals surface area contributed by atoms with Crippen LogP contribution in [0.2, 0.25) is 0 Å². The second-order valence-electron chi connectivity index (χ2n) is 3.02. The van der Waals surface area contributed by atoms with Gasteiger partial charge in [-0.25, -0.2) is 0 Å². The van der Waals surface area contributed by atoms with Gasteiger partial charge in [-0.3, -0.25) is 0 Å². The largest absolute Gasteiger partial charge is 0.303 e. The van der Waals surface area contributed by atoms with Gasteiger partial charge in [0.15, 0.2) is 0 Å². The van der Waals surface area contributed by atoms with Gasteiger partial charge >= 0.3 is 0 Å². The van der Waals surface area contributed by atoms with Crippen LogP contribution in [0.4, 0.5) is 0 Å². The Morgan fingerprint density at radius 3 is 1.91 bits per heavy atom. The van der Waals surface area contributed by atoms with Crippen molar-refractivity contribution in [3.63, 3.8) is 0 Å². The molecule has 2 aliphatic rings. The minimum Gasteiger partial charge on any atom is -0.303 e. The fourth-order valence-electron chi connectivity index (χ4n) is 1.72. The number of hydrogen-bond acceptors (Lipinski definition) is 1. The van der Waals surface area contributed by atoms with Gasteiger partial charge in [-0.05, 0) is 0 Å². The molecular formula is C10H10O. The Labute approximate surface area is 66.1 Å². The molecule has 0 aromatic rings. The number of rotatable bonds is 1. The lowest BCUT2D eigenvalue weighted by atomic mass is 9.90. The summed E-state index contributed by atoms with van der Waals surface area (Å²) in [5.41, 5.74) is 0. The highest BCUT2D eigenvalue weighted by molar-refractivity contribution is 5.59. The normalized spacial score (nSPS) is 39.1. The molecule has 0 aromatic heterocycles. The molecule has 11 heavy (non-hydrogen) atoms. The van der Waals surface area contributed by atoms with E-state index in [-0.39, 0.29) is 5.92 Å². The Kier molecular flexibility index (Phi) is 1.50. The van der Waals surface area contributed by atoms with Gasteiger partial charge in [-0.15, -0.1) is 0 Å². The van der Waals surface area contributed by atoms with Gasteiger partial charge in [0.05, 0.1) is 0 Å². The lowest BCUT2D eigenvalue weighted by Crippen LogP contribution is -2.13. The summed E-state index contributed by atoms with van der Waals surface area (Å²) >= 11 is 0. The quantitative estimate of drug-likeness (QED) is 0.406. The molecule has 2 aliphatic carbocycles.